The second-order valence-electron chi connectivity index (χ2n) is 1.82. The zero-order valence-corrected chi connectivity index (χ0v) is 7.12. The van der Waals surface area contributed by atoms with Crippen molar-refractivity contribution < 1.29 is 9.52 Å². The maximum Gasteiger partial charge on any atom is 0.164 e. The molecular formula is C6H7IO2. The molecule has 0 fully saturated rings. The third kappa shape index (κ3) is 1.69. The summed E-state index contributed by atoms with van der Waals surface area (Å²) >= 11 is 2.06. The van der Waals surface area contributed by atoms with Crippen LogP contribution in [0.15, 0.2) is 16.5 Å². The lowest BCUT2D eigenvalue weighted by Crippen LogP contribution is -1.85. The first kappa shape index (κ1) is 7.08. The molecule has 2 nitrogen and oxygen atoms in total. The predicted molar refractivity (Wildman–Crippen MR) is 42.1 cm³/mol. The Morgan fingerprint density at radius 1 is 1.67 bits per heavy atom. The molecule has 9 heavy (non-hydrogen) atoms. The van der Waals surface area contributed by atoms with Crippen molar-refractivity contribution in [3.05, 3.63) is 21.7 Å². The fourth-order valence-corrected chi connectivity index (χ4v) is 0.987. The lowest BCUT2D eigenvalue weighted by molar-refractivity contribution is 0.167. The number of aliphatic hydroxyl groups excluding tert-OH is 1. The molecule has 1 N–H and O–H groups in total. The molecule has 0 saturated carbocycles. The van der Waals surface area contributed by atoms with Gasteiger partial charge in [0, 0.05) is 0 Å². The average Bonchev–Trinajstić information content (AvgIpc) is 2.14. The highest BCUT2D eigenvalue weighted by Gasteiger charge is 2.03. The van der Waals surface area contributed by atoms with E-state index in [1.54, 1.807) is 13.0 Å². The van der Waals surface area contributed by atoms with Crippen LogP contribution in [0.1, 0.15) is 18.8 Å². The molecule has 0 aliphatic carbocycles. The molecule has 0 amide bonds. The van der Waals surface area contributed by atoms with Gasteiger partial charge in [0.2, 0.25) is 0 Å². The van der Waals surface area contributed by atoms with Gasteiger partial charge in [0.05, 0.1) is 0 Å². The van der Waals surface area contributed by atoms with Gasteiger partial charge in [-0.3, -0.25) is 0 Å². The van der Waals surface area contributed by atoms with E-state index >= 15 is 0 Å². The maximum atomic E-state index is 8.94. The number of hydrogen-bond donors (Lipinski definition) is 1. The summed E-state index contributed by atoms with van der Waals surface area (Å²) in [7, 11) is 0. The molecule has 0 spiro atoms. The SMILES string of the molecule is CC(O)c1ccc(I)o1. The molecule has 0 aliphatic heterocycles. The molecule has 0 radical (unpaired) electrons. The van der Waals surface area contributed by atoms with Crippen LogP contribution >= 0.6 is 22.6 Å². The maximum absolute atomic E-state index is 8.94. The second kappa shape index (κ2) is 2.70. The Kier molecular flexibility index (Phi) is 2.13. The van der Waals surface area contributed by atoms with Crippen LogP contribution in [0.4, 0.5) is 0 Å². The standard InChI is InChI=1S/C6H7IO2/c1-4(8)5-2-3-6(7)9-5/h2-4,8H,1H3. The molecule has 1 atom stereocenters. The van der Waals surface area contributed by atoms with Crippen LogP contribution in [-0.2, 0) is 0 Å². The van der Waals surface area contributed by atoms with E-state index in [9.17, 15) is 0 Å². The van der Waals surface area contributed by atoms with E-state index in [4.69, 9.17) is 9.52 Å². The molecule has 0 saturated heterocycles. The Morgan fingerprint density at radius 3 is 2.56 bits per heavy atom. The van der Waals surface area contributed by atoms with Crippen molar-refractivity contribution in [1.29, 1.82) is 0 Å². The van der Waals surface area contributed by atoms with Gasteiger partial charge in [-0.1, -0.05) is 0 Å². The van der Waals surface area contributed by atoms with E-state index in [2.05, 4.69) is 22.6 Å². The van der Waals surface area contributed by atoms with E-state index in [0.29, 0.717) is 5.76 Å². The van der Waals surface area contributed by atoms with Crippen molar-refractivity contribution in [2.45, 2.75) is 13.0 Å². The lowest BCUT2D eigenvalue weighted by Gasteiger charge is -1.95. The highest BCUT2D eigenvalue weighted by molar-refractivity contribution is 14.1. The van der Waals surface area contributed by atoms with Crippen LogP contribution in [0.5, 0.6) is 0 Å². The summed E-state index contributed by atoms with van der Waals surface area (Å²) in [6, 6.07) is 3.59. The smallest absolute Gasteiger partial charge is 0.164 e. The van der Waals surface area contributed by atoms with Gasteiger partial charge in [-0.2, -0.15) is 0 Å². The third-order valence-corrected chi connectivity index (χ3v) is 1.59. The summed E-state index contributed by atoms with van der Waals surface area (Å²) in [4.78, 5) is 0. The molecule has 0 aromatic carbocycles. The van der Waals surface area contributed by atoms with E-state index < -0.39 is 6.10 Å². The minimum Gasteiger partial charge on any atom is -0.453 e. The quantitative estimate of drug-likeness (QED) is 0.758. The molecule has 1 heterocycles. The van der Waals surface area contributed by atoms with Gasteiger partial charge in [0.1, 0.15) is 11.9 Å². The number of furan rings is 1. The molecule has 1 aromatic rings. The number of rotatable bonds is 1. The second-order valence-corrected chi connectivity index (χ2v) is 2.88. The van der Waals surface area contributed by atoms with Crippen LogP contribution in [-0.4, -0.2) is 5.11 Å². The number of halogens is 1. The largest absolute Gasteiger partial charge is 0.453 e. The molecule has 1 aromatic heterocycles. The zero-order chi connectivity index (χ0) is 6.85. The predicted octanol–water partition coefficient (Wildman–Crippen LogP) is 1.94. The van der Waals surface area contributed by atoms with Crippen LogP contribution in [0, 0.1) is 3.77 Å². The number of hydrogen-bond acceptors (Lipinski definition) is 2. The van der Waals surface area contributed by atoms with E-state index in [1.807, 2.05) is 6.07 Å². The van der Waals surface area contributed by atoms with Crippen molar-refractivity contribution in [2.75, 3.05) is 0 Å². The molecule has 1 unspecified atom stereocenters. The molecule has 50 valence electrons. The van der Waals surface area contributed by atoms with Gasteiger partial charge >= 0.3 is 0 Å². The lowest BCUT2D eigenvalue weighted by atomic mass is 10.3. The first-order chi connectivity index (χ1) is 4.20. The zero-order valence-electron chi connectivity index (χ0n) is 4.97. The Morgan fingerprint density at radius 2 is 2.33 bits per heavy atom. The van der Waals surface area contributed by atoms with E-state index in [-0.39, 0.29) is 0 Å². The summed E-state index contributed by atoms with van der Waals surface area (Å²) in [6.07, 6.45) is -0.492. The van der Waals surface area contributed by atoms with Crippen molar-refractivity contribution in [3.63, 3.8) is 0 Å². The highest BCUT2D eigenvalue weighted by Crippen LogP contribution is 2.16. The first-order valence-electron chi connectivity index (χ1n) is 2.63. The minimum atomic E-state index is -0.492. The summed E-state index contributed by atoms with van der Waals surface area (Å²) in [5.74, 6) is 0.624. The van der Waals surface area contributed by atoms with Gasteiger partial charge in [0.25, 0.3) is 0 Å². The van der Waals surface area contributed by atoms with Gasteiger partial charge in [-0.25, -0.2) is 0 Å². The molecular weight excluding hydrogens is 231 g/mol. The highest BCUT2D eigenvalue weighted by atomic mass is 127. The van der Waals surface area contributed by atoms with Gasteiger partial charge in [-0.05, 0) is 41.6 Å². The van der Waals surface area contributed by atoms with E-state index in [1.165, 1.54) is 0 Å². The van der Waals surface area contributed by atoms with Gasteiger partial charge < -0.3 is 9.52 Å². The van der Waals surface area contributed by atoms with Crippen LogP contribution < -0.4 is 0 Å². The van der Waals surface area contributed by atoms with E-state index in [0.717, 1.165) is 3.77 Å². The molecule has 3 heteroatoms. The monoisotopic (exact) mass is 238 g/mol. The summed E-state index contributed by atoms with van der Waals surface area (Å²) in [6.45, 7) is 1.68. The normalized spacial score (nSPS) is 13.7. The molecule has 0 aliphatic rings. The average molecular weight is 238 g/mol. The van der Waals surface area contributed by atoms with Crippen LogP contribution in [0.25, 0.3) is 0 Å². The van der Waals surface area contributed by atoms with Crippen LogP contribution in [0.3, 0.4) is 0 Å². The van der Waals surface area contributed by atoms with Crippen molar-refractivity contribution in [2.24, 2.45) is 0 Å². The van der Waals surface area contributed by atoms with Crippen molar-refractivity contribution in [1.82, 2.24) is 0 Å². The van der Waals surface area contributed by atoms with Crippen molar-refractivity contribution in [3.8, 4) is 0 Å². The first-order valence-corrected chi connectivity index (χ1v) is 3.71. The molecule has 1 rings (SSSR count). The number of aliphatic hydroxyl groups is 1. The third-order valence-electron chi connectivity index (χ3n) is 1.01. The topological polar surface area (TPSA) is 33.4 Å². The Balaban J connectivity index is 2.85. The fraction of sp³-hybridized carbons (Fsp3) is 0.333. The Bertz CT molecular complexity index is 193. The summed E-state index contributed by atoms with van der Waals surface area (Å²) < 4.78 is 5.89. The summed E-state index contributed by atoms with van der Waals surface area (Å²) in [5, 5.41) is 8.94. The Labute approximate surface area is 67.0 Å². The summed E-state index contributed by atoms with van der Waals surface area (Å²) in [5.41, 5.74) is 0. The molecule has 0 bridgehead atoms. The fourth-order valence-electron chi connectivity index (χ4n) is 0.553. The van der Waals surface area contributed by atoms with Crippen LogP contribution in [0.2, 0.25) is 0 Å². The minimum absolute atomic E-state index is 0.492. The van der Waals surface area contributed by atoms with Gasteiger partial charge in [0.15, 0.2) is 3.77 Å². The van der Waals surface area contributed by atoms with Crippen molar-refractivity contribution >= 4 is 22.6 Å². The van der Waals surface area contributed by atoms with Gasteiger partial charge in [-0.15, -0.1) is 0 Å². The Hall–Kier alpha value is -0.0300.